The summed E-state index contributed by atoms with van der Waals surface area (Å²) in [6.45, 7) is 6.40. The van der Waals surface area contributed by atoms with Gasteiger partial charge in [-0.15, -0.1) is 0 Å². The Morgan fingerprint density at radius 3 is 3.00 bits per heavy atom. The molecule has 0 radical (unpaired) electrons. The number of nitrogens with zero attached hydrogens (tertiary/aromatic N) is 1. The molecule has 0 amide bonds. The number of ether oxygens (including phenoxy) is 1. The number of rotatable bonds is 3. The van der Waals surface area contributed by atoms with Gasteiger partial charge < -0.3 is 10.5 Å². The van der Waals surface area contributed by atoms with Crippen molar-refractivity contribution in [3.63, 3.8) is 0 Å². The molecule has 2 aliphatic rings. The highest BCUT2D eigenvalue weighted by atomic mass is 16.5. The molecule has 15 heavy (non-hydrogen) atoms. The second-order valence-corrected chi connectivity index (χ2v) is 4.96. The predicted molar refractivity (Wildman–Crippen MR) is 61.8 cm³/mol. The van der Waals surface area contributed by atoms with E-state index in [4.69, 9.17) is 10.5 Å². The van der Waals surface area contributed by atoms with E-state index >= 15 is 0 Å². The van der Waals surface area contributed by atoms with Gasteiger partial charge in [0.05, 0.1) is 12.7 Å². The molecule has 1 heterocycles. The van der Waals surface area contributed by atoms with Crippen LogP contribution in [0.3, 0.4) is 0 Å². The Labute approximate surface area is 93.0 Å². The molecule has 3 nitrogen and oxygen atoms in total. The Hall–Kier alpha value is -0.120. The van der Waals surface area contributed by atoms with Crippen molar-refractivity contribution in [1.82, 2.24) is 4.90 Å². The van der Waals surface area contributed by atoms with Gasteiger partial charge in [0.1, 0.15) is 0 Å². The quantitative estimate of drug-likeness (QED) is 0.768. The Bertz CT molecular complexity index is 210. The van der Waals surface area contributed by atoms with Gasteiger partial charge in [-0.05, 0) is 32.6 Å². The molecule has 1 aliphatic heterocycles. The molecule has 0 aromatic rings. The molecule has 1 aliphatic carbocycles. The lowest BCUT2D eigenvalue weighted by Gasteiger charge is -2.43. The topological polar surface area (TPSA) is 38.5 Å². The maximum Gasteiger partial charge on any atom is 0.0731 e. The van der Waals surface area contributed by atoms with Crippen LogP contribution in [0, 0.1) is 0 Å². The highest BCUT2D eigenvalue weighted by Crippen LogP contribution is 2.31. The molecule has 0 bridgehead atoms. The summed E-state index contributed by atoms with van der Waals surface area (Å²) in [5.41, 5.74) is 6.15. The van der Waals surface area contributed by atoms with Crippen molar-refractivity contribution in [2.45, 2.75) is 63.8 Å². The number of nitrogens with two attached hydrogens (primary N) is 1. The van der Waals surface area contributed by atoms with E-state index in [0.29, 0.717) is 24.2 Å². The fourth-order valence-corrected chi connectivity index (χ4v) is 3.05. The molecule has 0 aromatic carbocycles. The van der Waals surface area contributed by atoms with Crippen molar-refractivity contribution in [1.29, 1.82) is 0 Å². The molecule has 0 aromatic heterocycles. The van der Waals surface area contributed by atoms with Crippen molar-refractivity contribution < 1.29 is 4.74 Å². The first-order valence-corrected chi connectivity index (χ1v) is 6.37. The number of morpholine rings is 1. The van der Waals surface area contributed by atoms with Crippen molar-refractivity contribution in [2.24, 2.45) is 5.73 Å². The fourth-order valence-electron chi connectivity index (χ4n) is 3.05. The molecule has 4 unspecified atom stereocenters. The number of hydrogen-bond acceptors (Lipinski definition) is 3. The van der Waals surface area contributed by atoms with Crippen LogP contribution in [0.25, 0.3) is 0 Å². The zero-order valence-corrected chi connectivity index (χ0v) is 9.98. The Kier molecular flexibility index (Phi) is 3.65. The number of fused-ring (bicyclic) bond motifs is 1. The zero-order valence-electron chi connectivity index (χ0n) is 9.98. The van der Waals surface area contributed by atoms with Crippen LogP contribution >= 0.6 is 0 Å². The fraction of sp³-hybridized carbons (Fsp3) is 1.00. The first kappa shape index (κ1) is 11.4. The van der Waals surface area contributed by atoms with E-state index < -0.39 is 0 Å². The Balaban J connectivity index is 2.00. The smallest absolute Gasteiger partial charge is 0.0731 e. The van der Waals surface area contributed by atoms with Crippen LogP contribution in [0.2, 0.25) is 0 Å². The minimum Gasteiger partial charge on any atom is -0.375 e. The van der Waals surface area contributed by atoms with Gasteiger partial charge in [0.15, 0.2) is 0 Å². The van der Waals surface area contributed by atoms with E-state index in [1.165, 1.54) is 19.3 Å². The average Bonchev–Trinajstić information content (AvgIpc) is 2.74. The molecule has 2 rings (SSSR count). The van der Waals surface area contributed by atoms with E-state index in [-0.39, 0.29) is 0 Å². The van der Waals surface area contributed by atoms with Crippen LogP contribution < -0.4 is 5.73 Å². The maximum absolute atomic E-state index is 6.15. The molecular formula is C12H24N2O. The third-order valence-corrected chi connectivity index (χ3v) is 4.14. The molecule has 2 N–H and O–H groups in total. The largest absolute Gasteiger partial charge is 0.375 e. The third kappa shape index (κ3) is 2.19. The molecular weight excluding hydrogens is 188 g/mol. The van der Waals surface area contributed by atoms with Crippen LogP contribution in [-0.4, -0.2) is 42.3 Å². The van der Waals surface area contributed by atoms with Gasteiger partial charge in [0.2, 0.25) is 0 Å². The minimum absolute atomic E-state index is 0.310. The summed E-state index contributed by atoms with van der Waals surface area (Å²) < 4.78 is 5.81. The normalized spacial score (nSPS) is 36.2. The van der Waals surface area contributed by atoms with Gasteiger partial charge in [-0.1, -0.05) is 6.92 Å². The van der Waals surface area contributed by atoms with E-state index in [1.807, 2.05) is 0 Å². The van der Waals surface area contributed by atoms with E-state index in [0.717, 1.165) is 19.6 Å². The van der Waals surface area contributed by atoms with Crippen LogP contribution in [-0.2, 0) is 4.74 Å². The summed E-state index contributed by atoms with van der Waals surface area (Å²) in [5, 5.41) is 0. The van der Waals surface area contributed by atoms with Crippen molar-refractivity contribution in [3.8, 4) is 0 Å². The third-order valence-electron chi connectivity index (χ3n) is 4.14. The van der Waals surface area contributed by atoms with Crippen LogP contribution in [0.4, 0.5) is 0 Å². The molecule has 4 atom stereocenters. The van der Waals surface area contributed by atoms with Crippen LogP contribution in [0.15, 0.2) is 0 Å². The van der Waals surface area contributed by atoms with E-state index in [2.05, 4.69) is 18.7 Å². The molecule has 1 saturated carbocycles. The van der Waals surface area contributed by atoms with Crippen molar-refractivity contribution in [3.05, 3.63) is 0 Å². The summed E-state index contributed by atoms with van der Waals surface area (Å²) in [5.74, 6) is 0. The van der Waals surface area contributed by atoms with Crippen LogP contribution in [0.5, 0.6) is 0 Å². The van der Waals surface area contributed by atoms with Crippen LogP contribution in [0.1, 0.15) is 39.5 Å². The maximum atomic E-state index is 6.15. The van der Waals surface area contributed by atoms with Gasteiger partial charge in [0, 0.05) is 24.7 Å². The monoisotopic (exact) mass is 212 g/mol. The average molecular weight is 212 g/mol. The Morgan fingerprint density at radius 2 is 2.27 bits per heavy atom. The first-order valence-electron chi connectivity index (χ1n) is 6.37. The van der Waals surface area contributed by atoms with Crippen molar-refractivity contribution in [2.75, 3.05) is 13.2 Å². The Morgan fingerprint density at radius 1 is 1.47 bits per heavy atom. The lowest BCUT2D eigenvalue weighted by atomic mass is 10.0. The summed E-state index contributed by atoms with van der Waals surface area (Å²) in [7, 11) is 0. The van der Waals surface area contributed by atoms with Crippen molar-refractivity contribution >= 4 is 0 Å². The summed E-state index contributed by atoms with van der Waals surface area (Å²) >= 11 is 0. The van der Waals surface area contributed by atoms with Gasteiger partial charge in [-0.25, -0.2) is 0 Å². The lowest BCUT2D eigenvalue weighted by molar-refractivity contribution is -0.0724. The summed E-state index contributed by atoms with van der Waals surface area (Å²) in [6, 6.07) is 1.46. The highest BCUT2D eigenvalue weighted by Gasteiger charge is 2.38. The summed E-state index contributed by atoms with van der Waals surface area (Å²) in [4.78, 5) is 2.59. The predicted octanol–water partition coefficient (Wildman–Crippen LogP) is 1.37. The SMILES string of the molecule is CCC(N)C(C)N1CCOC2CCCC21. The second kappa shape index (κ2) is 4.81. The van der Waals surface area contributed by atoms with Gasteiger partial charge >= 0.3 is 0 Å². The second-order valence-electron chi connectivity index (χ2n) is 4.96. The molecule has 2 fully saturated rings. The minimum atomic E-state index is 0.310. The lowest BCUT2D eigenvalue weighted by Crippen LogP contribution is -2.56. The van der Waals surface area contributed by atoms with Gasteiger partial charge in [-0.3, -0.25) is 4.90 Å². The molecule has 3 heteroatoms. The highest BCUT2D eigenvalue weighted by molar-refractivity contribution is 4.93. The zero-order chi connectivity index (χ0) is 10.8. The van der Waals surface area contributed by atoms with E-state index in [1.54, 1.807) is 0 Å². The van der Waals surface area contributed by atoms with Gasteiger partial charge in [-0.2, -0.15) is 0 Å². The first-order chi connectivity index (χ1) is 7.24. The standard InChI is InChI=1S/C12H24N2O/c1-3-10(13)9(2)14-7-8-15-12-6-4-5-11(12)14/h9-12H,3-8,13H2,1-2H3. The number of hydrogen-bond donors (Lipinski definition) is 1. The molecule has 88 valence electrons. The summed E-state index contributed by atoms with van der Waals surface area (Å²) in [6.07, 6.45) is 5.42. The van der Waals surface area contributed by atoms with E-state index in [9.17, 15) is 0 Å². The van der Waals surface area contributed by atoms with Gasteiger partial charge in [0.25, 0.3) is 0 Å². The molecule has 1 saturated heterocycles. The molecule has 0 spiro atoms.